The van der Waals surface area contributed by atoms with Crippen LogP contribution in [0, 0.1) is 0 Å². The molecule has 4 rings (SSSR count). The number of H-pyrrole nitrogens is 1. The minimum Gasteiger partial charge on any atom is -0.367 e. The van der Waals surface area contributed by atoms with E-state index in [1.54, 1.807) is 0 Å². The second-order valence-corrected chi connectivity index (χ2v) is 4.83. The largest absolute Gasteiger partial charge is 0.367 e. The molecule has 90 valence electrons. The molecule has 0 saturated carbocycles. The molecule has 1 heterocycles. The van der Waals surface area contributed by atoms with Gasteiger partial charge in [0.05, 0.1) is 0 Å². The Morgan fingerprint density at radius 3 is 2.26 bits per heavy atom. The highest BCUT2D eigenvalue weighted by atomic mass is 14.6. The van der Waals surface area contributed by atoms with Gasteiger partial charge in [0, 0.05) is 12.4 Å². The predicted molar refractivity (Wildman–Crippen MR) is 81.2 cm³/mol. The van der Waals surface area contributed by atoms with Crippen molar-refractivity contribution in [1.29, 1.82) is 0 Å². The molecule has 1 aromatic heterocycles. The highest BCUT2D eigenvalue weighted by Gasteiger charge is 2.05. The number of aromatic amines is 1. The molecule has 3 aromatic carbocycles. The van der Waals surface area contributed by atoms with E-state index in [1.165, 1.54) is 32.7 Å². The molecule has 0 fully saturated rings. The van der Waals surface area contributed by atoms with Crippen molar-refractivity contribution in [3.8, 4) is 11.1 Å². The number of hydrogen-bond acceptors (Lipinski definition) is 0. The summed E-state index contributed by atoms with van der Waals surface area (Å²) in [6, 6.07) is 21.7. The van der Waals surface area contributed by atoms with Crippen molar-refractivity contribution < 1.29 is 0 Å². The normalized spacial score (nSPS) is 11.2. The number of aromatic nitrogens is 1. The Morgan fingerprint density at radius 2 is 1.47 bits per heavy atom. The van der Waals surface area contributed by atoms with Gasteiger partial charge in [-0.1, -0.05) is 42.5 Å². The van der Waals surface area contributed by atoms with Crippen molar-refractivity contribution >= 4 is 21.5 Å². The molecule has 0 aliphatic carbocycles. The van der Waals surface area contributed by atoms with Gasteiger partial charge < -0.3 is 4.98 Å². The van der Waals surface area contributed by atoms with Crippen molar-refractivity contribution in [3.63, 3.8) is 0 Å². The van der Waals surface area contributed by atoms with Gasteiger partial charge in [-0.05, 0) is 50.9 Å². The maximum atomic E-state index is 3.13. The van der Waals surface area contributed by atoms with Crippen molar-refractivity contribution in [2.45, 2.75) is 0 Å². The average molecular weight is 243 g/mol. The minimum atomic E-state index is 1.24. The summed E-state index contributed by atoms with van der Waals surface area (Å²) >= 11 is 0. The lowest BCUT2D eigenvalue weighted by molar-refractivity contribution is 1.41. The van der Waals surface area contributed by atoms with Crippen LogP contribution >= 0.6 is 0 Å². The molecular weight excluding hydrogens is 230 g/mol. The molecule has 1 heteroatoms. The summed E-state index contributed by atoms with van der Waals surface area (Å²) in [5.74, 6) is 0. The van der Waals surface area contributed by atoms with E-state index >= 15 is 0 Å². The first-order chi connectivity index (χ1) is 9.42. The summed E-state index contributed by atoms with van der Waals surface area (Å²) in [6.07, 6.45) is 4.01. The van der Waals surface area contributed by atoms with Crippen LogP contribution in [0.4, 0.5) is 0 Å². The lowest BCUT2D eigenvalue weighted by atomic mass is 9.97. The van der Waals surface area contributed by atoms with Gasteiger partial charge in [0.25, 0.3) is 0 Å². The quantitative estimate of drug-likeness (QED) is 0.453. The Bertz CT molecular complexity index is 857. The molecule has 1 nitrogen and oxygen atoms in total. The number of rotatable bonds is 1. The molecule has 4 aromatic rings. The summed E-state index contributed by atoms with van der Waals surface area (Å²) in [4.78, 5) is 3.13. The van der Waals surface area contributed by atoms with E-state index in [0.717, 1.165) is 0 Å². The molecule has 0 atom stereocenters. The Kier molecular flexibility index (Phi) is 2.18. The summed E-state index contributed by atoms with van der Waals surface area (Å²) in [6.45, 7) is 0. The highest BCUT2D eigenvalue weighted by Crippen LogP contribution is 2.31. The Labute approximate surface area is 111 Å². The number of nitrogens with one attached hydrogen (secondary N) is 1. The second-order valence-electron chi connectivity index (χ2n) is 4.83. The summed E-state index contributed by atoms with van der Waals surface area (Å²) in [7, 11) is 0. The first-order valence-corrected chi connectivity index (χ1v) is 6.46. The van der Waals surface area contributed by atoms with Crippen LogP contribution in [-0.4, -0.2) is 4.98 Å². The van der Waals surface area contributed by atoms with Gasteiger partial charge in [0.2, 0.25) is 0 Å². The van der Waals surface area contributed by atoms with Gasteiger partial charge in [-0.25, -0.2) is 0 Å². The van der Waals surface area contributed by atoms with E-state index in [9.17, 15) is 0 Å². The predicted octanol–water partition coefficient (Wildman–Crippen LogP) is 4.99. The maximum Gasteiger partial charge on any atom is 0.00843 e. The van der Waals surface area contributed by atoms with Crippen molar-refractivity contribution in [2.24, 2.45) is 0 Å². The van der Waals surface area contributed by atoms with E-state index in [2.05, 4.69) is 65.6 Å². The molecule has 0 amide bonds. The number of hydrogen-bond donors (Lipinski definition) is 1. The SMILES string of the molecule is c1ccc2cc3c(-c4cc[nH]c4)cccc3cc2c1. The van der Waals surface area contributed by atoms with Gasteiger partial charge in [0.1, 0.15) is 0 Å². The minimum absolute atomic E-state index is 1.24. The van der Waals surface area contributed by atoms with Crippen LogP contribution in [-0.2, 0) is 0 Å². The fourth-order valence-electron chi connectivity index (χ4n) is 2.71. The number of fused-ring (bicyclic) bond motifs is 2. The molecule has 0 saturated heterocycles. The van der Waals surface area contributed by atoms with E-state index in [1.807, 2.05) is 12.4 Å². The van der Waals surface area contributed by atoms with Gasteiger partial charge in [-0.15, -0.1) is 0 Å². The fraction of sp³-hybridized carbons (Fsp3) is 0. The lowest BCUT2D eigenvalue weighted by Crippen LogP contribution is -1.80. The zero-order valence-corrected chi connectivity index (χ0v) is 10.4. The zero-order valence-electron chi connectivity index (χ0n) is 10.4. The van der Waals surface area contributed by atoms with Crippen molar-refractivity contribution in [3.05, 3.63) is 73.1 Å². The van der Waals surface area contributed by atoms with Gasteiger partial charge in [0.15, 0.2) is 0 Å². The monoisotopic (exact) mass is 243 g/mol. The first-order valence-electron chi connectivity index (χ1n) is 6.46. The van der Waals surface area contributed by atoms with Gasteiger partial charge >= 0.3 is 0 Å². The molecule has 19 heavy (non-hydrogen) atoms. The van der Waals surface area contributed by atoms with E-state index < -0.39 is 0 Å². The molecule has 0 aliphatic heterocycles. The second kappa shape index (κ2) is 3.99. The summed E-state index contributed by atoms with van der Waals surface area (Å²) in [5, 5.41) is 5.18. The molecule has 0 unspecified atom stereocenters. The average Bonchev–Trinajstić information content (AvgIpc) is 2.98. The van der Waals surface area contributed by atoms with E-state index in [4.69, 9.17) is 0 Å². The third-order valence-electron chi connectivity index (χ3n) is 3.66. The van der Waals surface area contributed by atoms with Crippen LogP contribution in [0.5, 0.6) is 0 Å². The van der Waals surface area contributed by atoms with Crippen LogP contribution in [0.1, 0.15) is 0 Å². The van der Waals surface area contributed by atoms with E-state index in [-0.39, 0.29) is 0 Å². The highest BCUT2D eigenvalue weighted by molar-refractivity contribution is 6.04. The van der Waals surface area contributed by atoms with Gasteiger partial charge in [-0.2, -0.15) is 0 Å². The Hall–Kier alpha value is -2.54. The summed E-state index contributed by atoms with van der Waals surface area (Å²) in [5.41, 5.74) is 2.52. The lowest BCUT2D eigenvalue weighted by Gasteiger charge is -2.07. The molecule has 0 bridgehead atoms. The topological polar surface area (TPSA) is 15.8 Å². The third kappa shape index (κ3) is 1.63. The molecular formula is C18H13N. The fourth-order valence-corrected chi connectivity index (χ4v) is 2.71. The van der Waals surface area contributed by atoms with Crippen molar-refractivity contribution in [2.75, 3.05) is 0 Å². The standard InChI is InChI=1S/C18H13N/c1-2-5-14-11-18-15(10-13(14)4-1)6-3-7-17(18)16-8-9-19-12-16/h1-12,19H. The summed E-state index contributed by atoms with van der Waals surface area (Å²) < 4.78 is 0. The number of benzene rings is 3. The van der Waals surface area contributed by atoms with Crippen LogP contribution in [0.25, 0.3) is 32.7 Å². The van der Waals surface area contributed by atoms with Crippen LogP contribution < -0.4 is 0 Å². The smallest absolute Gasteiger partial charge is 0.00843 e. The van der Waals surface area contributed by atoms with Crippen LogP contribution in [0.2, 0.25) is 0 Å². The van der Waals surface area contributed by atoms with Crippen LogP contribution in [0.15, 0.2) is 73.1 Å². The molecule has 0 spiro atoms. The van der Waals surface area contributed by atoms with Crippen molar-refractivity contribution in [1.82, 2.24) is 4.98 Å². The zero-order chi connectivity index (χ0) is 12.7. The van der Waals surface area contributed by atoms with Gasteiger partial charge in [-0.3, -0.25) is 0 Å². The molecule has 0 aliphatic rings. The van der Waals surface area contributed by atoms with Crippen LogP contribution in [0.3, 0.4) is 0 Å². The Balaban J connectivity index is 2.12. The molecule has 1 N–H and O–H groups in total. The van der Waals surface area contributed by atoms with E-state index in [0.29, 0.717) is 0 Å². The first kappa shape index (κ1) is 10.4. The molecule has 0 radical (unpaired) electrons. The maximum absolute atomic E-state index is 3.13. The third-order valence-corrected chi connectivity index (χ3v) is 3.66. The Morgan fingerprint density at radius 1 is 0.684 bits per heavy atom.